The van der Waals surface area contributed by atoms with E-state index < -0.39 is 0 Å². The molecule has 20 heavy (non-hydrogen) atoms. The molecule has 112 valence electrons. The Kier molecular flexibility index (Phi) is 6.03. The Morgan fingerprint density at radius 3 is 2.70 bits per heavy atom. The van der Waals surface area contributed by atoms with E-state index in [4.69, 9.17) is 0 Å². The Morgan fingerprint density at radius 2 is 2.00 bits per heavy atom. The van der Waals surface area contributed by atoms with E-state index >= 15 is 0 Å². The van der Waals surface area contributed by atoms with Gasteiger partial charge in [0.05, 0.1) is 0 Å². The minimum Gasteiger partial charge on any atom is -0.310 e. The second kappa shape index (κ2) is 7.78. The number of hydrogen-bond acceptors (Lipinski definition) is 1. The van der Waals surface area contributed by atoms with Crippen molar-refractivity contribution in [2.75, 3.05) is 6.54 Å². The van der Waals surface area contributed by atoms with Gasteiger partial charge in [-0.3, -0.25) is 0 Å². The van der Waals surface area contributed by atoms with Crippen molar-refractivity contribution < 1.29 is 4.39 Å². The van der Waals surface area contributed by atoms with Crippen molar-refractivity contribution in [1.29, 1.82) is 0 Å². The van der Waals surface area contributed by atoms with Gasteiger partial charge in [-0.25, -0.2) is 4.39 Å². The fraction of sp³-hybridized carbons (Fsp3) is 0.667. The van der Waals surface area contributed by atoms with Crippen molar-refractivity contribution >= 4 is 0 Å². The first-order valence-electron chi connectivity index (χ1n) is 8.20. The summed E-state index contributed by atoms with van der Waals surface area (Å²) in [7, 11) is 0. The van der Waals surface area contributed by atoms with Gasteiger partial charge < -0.3 is 5.32 Å². The zero-order valence-electron chi connectivity index (χ0n) is 12.9. The van der Waals surface area contributed by atoms with Gasteiger partial charge in [0.15, 0.2) is 0 Å². The predicted molar refractivity (Wildman–Crippen MR) is 83.4 cm³/mol. The average Bonchev–Trinajstić information content (AvgIpc) is 2.47. The summed E-state index contributed by atoms with van der Waals surface area (Å²) in [5.74, 6) is 0.707. The van der Waals surface area contributed by atoms with E-state index in [2.05, 4.69) is 12.2 Å². The van der Waals surface area contributed by atoms with Crippen LogP contribution >= 0.6 is 0 Å². The van der Waals surface area contributed by atoms with Gasteiger partial charge >= 0.3 is 0 Å². The zero-order valence-corrected chi connectivity index (χ0v) is 12.9. The maximum absolute atomic E-state index is 14.2. The van der Waals surface area contributed by atoms with E-state index in [1.54, 1.807) is 6.07 Å². The van der Waals surface area contributed by atoms with Gasteiger partial charge in [-0.1, -0.05) is 56.7 Å². The van der Waals surface area contributed by atoms with E-state index in [1.165, 1.54) is 32.1 Å². The SMILES string of the molecule is CCCNC(CC1CCCCC1)c1cc(C)ccc1F. The van der Waals surface area contributed by atoms with Crippen LogP contribution in [0.5, 0.6) is 0 Å². The van der Waals surface area contributed by atoms with E-state index in [-0.39, 0.29) is 11.9 Å². The highest BCUT2D eigenvalue weighted by atomic mass is 19.1. The smallest absolute Gasteiger partial charge is 0.127 e. The van der Waals surface area contributed by atoms with Crippen molar-refractivity contribution in [3.63, 3.8) is 0 Å². The van der Waals surface area contributed by atoms with E-state index in [0.717, 1.165) is 36.4 Å². The van der Waals surface area contributed by atoms with Crippen molar-refractivity contribution in [2.45, 2.75) is 64.8 Å². The van der Waals surface area contributed by atoms with E-state index in [9.17, 15) is 4.39 Å². The second-order valence-corrected chi connectivity index (χ2v) is 6.27. The van der Waals surface area contributed by atoms with Gasteiger partial charge in [-0.05, 0) is 38.3 Å². The first-order valence-corrected chi connectivity index (χ1v) is 8.20. The number of aryl methyl sites for hydroxylation is 1. The number of hydrogen-bond donors (Lipinski definition) is 1. The largest absolute Gasteiger partial charge is 0.310 e. The monoisotopic (exact) mass is 277 g/mol. The van der Waals surface area contributed by atoms with E-state index in [1.807, 2.05) is 19.1 Å². The van der Waals surface area contributed by atoms with Gasteiger partial charge in [-0.15, -0.1) is 0 Å². The standard InChI is InChI=1S/C18H28FN/c1-3-11-20-18(13-15-7-5-4-6-8-15)16-12-14(2)9-10-17(16)19/h9-10,12,15,18,20H,3-8,11,13H2,1-2H3. The number of halogens is 1. The normalized spacial score (nSPS) is 18.1. The number of rotatable bonds is 6. The third-order valence-electron chi connectivity index (χ3n) is 4.46. The molecule has 1 atom stereocenters. The molecule has 0 bridgehead atoms. The summed E-state index contributed by atoms with van der Waals surface area (Å²) in [5.41, 5.74) is 2.01. The average molecular weight is 277 g/mol. The van der Waals surface area contributed by atoms with Crippen LogP contribution in [0.3, 0.4) is 0 Å². The first-order chi connectivity index (χ1) is 9.70. The van der Waals surface area contributed by atoms with Crippen LogP contribution in [0.2, 0.25) is 0 Å². The van der Waals surface area contributed by atoms with Crippen LogP contribution in [0, 0.1) is 18.7 Å². The maximum Gasteiger partial charge on any atom is 0.127 e. The van der Waals surface area contributed by atoms with Gasteiger partial charge in [0.2, 0.25) is 0 Å². The first kappa shape index (κ1) is 15.5. The highest BCUT2D eigenvalue weighted by molar-refractivity contribution is 5.27. The summed E-state index contributed by atoms with van der Waals surface area (Å²) in [6, 6.07) is 5.67. The molecular formula is C18H28FN. The van der Waals surface area contributed by atoms with Gasteiger partial charge in [0.1, 0.15) is 5.82 Å². The van der Waals surface area contributed by atoms with Gasteiger partial charge in [-0.2, -0.15) is 0 Å². The highest BCUT2D eigenvalue weighted by Crippen LogP contribution is 2.33. The van der Waals surface area contributed by atoms with Crippen molar-refractivity contribution in [3.05, 3.63) is 35.1 Å². The molecule has 1 aliphatic carbocycles. The van der Waals surface area contributed by atoms with Crippen LogP contribution in [0.15, 0.2) is 18.2 Å². The molecule has 0 aliphatic heterocycles. The molecule has 1 fully saturated rings. The fourth-order valence-corrected chi connectivity index (χ4v) is 3.33. The van der Waals surface area contributed by atoms with Crippen LogP contribution in [0.1, 0.15) is 69.0 Å². The fourth-order valence-electron chi connectivity index (χ4n) is 3.33. The minimum absolute atomic E-state index is 0.0555. The molecule has 0 amide bonds. The molecule has 0 saturated heterocycles. The van der Waals surface area contributed by atoms with Crippen molar-refractivity contribution in [2.24, 2.45) is 5.92 Å². The summed E-state index contributed by atoms with van der Waals surface area (Å²) in [6.07, 6.45) is 8.88. The molecule has 1 aromatic rings. The topological polar surface area (TPSA) is 12.0 Å². The second-order valence-electron chi connectivity index (χ2n) is 6.27. The third-order valence-corrected chi connectivity index (χ3v) is 4.46. The van der Waals surface area contributed by atoms with Crippen molar-refractivity contribution in [1.82, 2.24) is 5.32 Å². The molecule has 0 aromatic heterocycles. The lowest BCUT2D eigenvalue weighted by Crippen LogP contribution is -2.26. The highest BCUT2D eigenvalue weighted by Gasteiger charge is 2.22. The molecule has 2 rings (SSSR count). The molecular weight excluding hydrogens is 249 g/mol. The third kappa shape index (κ3) is 4.31. The Labute approximate surface area is 123 Å². The molecule has 0 radical (unpaired) electrons. The molecule has 0 heterocycles. The lowest BCUT2D eigenvalue weighted by molar-refractivity contribution is 0.297. The van der Waals surface area contributed by atoms with Gasteiger partial charge in [0.25, 0.3) is 0 Å². The maximum atomic E-state index is 14.2. The van der Waals surface area contributed by atoms with Crippen LogP contribution in [-0.2, 0) is 0 Å². The quantitative estimate of drug-likeness (QED) is 0.758. The Bertz CT molecular complexity index is 410. The molecule has 0 spiro atoms. The minimum atomic E-state index is -0.0555. The number of benzene rings is 1. The van der Waals surface area contributed by atoms with Crippen LogP contribution in [0.4, 0.5) is 4.39 Å². The molecule has 1 nitrogen and oxygen atoms in total. The summed E-state index contributed by atoms with van der Waals surface area (Å²) in [6.45, 7) is 5.17. The summed E-state index contributed by atoms with van der Waals surface area (Å²) < 4.78 is 14.2. The van der Waals surface area contributed by atoms with Crippen LogP contribution in [0.25, 0.3) is 0 Å². The Hall–Kier alpha value is -0.890. The van der Waals surface area contributed by atoms with Crippen LogP contribution < -0.4 is 5.32 Å². The summed E-state index contributed by atoms with van der Waals surface area (Å²) in [5, 5.41) is 3.56. The lowest BCUT2D eigenvalue weighted by Gasteiger charge is -2.28. The number of nitrogens with one attached hydrogen (secondary N) is 1. The molecule has 1 aliphatic rings. The molecule has 2 heteroatoms. The summed E-state index contributed by atoms with van der Waals surface area (Å²) in [4.78, 5) is 0. The van der Waals surface area contributed by atoms with Gasteiger partial charge in [0, 0.05) is 11.6 Å². The molecule has 1 saturated carbocycles. The Balaban J connectivity index is 2.10. The van der Waals surface area contributed by atoms with Crippen molar-refractivity contribution in [3.8, 4) is 0 Å². The zero-order chi connectivity index (χ0) is 14.4. The Morgan fingerprint density at radius 1 is 1.25 bits per heavy atom. The van der Waals surface area contributed by atoms with E-state index in [0.29, 0.717) is 0 Å². The summed E-state index contributed by atoms with van der Waals surface area (Å²) >= 11 is 0. The lowest BCUT2D eigenvalue weighted by atomic mass is 9.83. The molecule has 1 N–H and O–H groups in total. The molecule has 1 unspecified atom stereocenters. The predicted octanol–water partition coefficient (Wildman–Crippen LogP) is 5.15. The molecule has 1 aromatic carbocycles. The van der Waals surface area contributed by atoms with Crippen LogP contribution in [-0.4, -0.2) is 6.54 Å².